The molecular formula is C83H103Cl4N9O13. The fourth-order valence-electron chi connectivity index (χ4n) is 20.3. The minimum atomic E-state index is -1.11. The number of halogens is 4. The summed E-state index contributed by atoms with van der Waals surface area (Å²) in [7, 11) is 0. The molecule has 26 heteroatoms. The van der Waals surface area contributed by atoms with Crippen molar-refractivity contribution < 1.29 is 61.8 Å². The third-order valence-corrected chi connectivity index (χ3v) is 25.5. The molecule has 3 amide bonds. The van der Waals surface area contributed by atoms with Gasteiger partial charge < -0.3 is 76.7 Å². The van der Waals surface area contributed by atoms with Crippen molar-refractivity contribution >= 4 is 81.3 Å². The number of carbonyl (C=O) groups excluding carboxylic acids is 4. The standard InChI is InChI=1S/C43H54Cl2N4O7.C40H49Cl2N5O6/c44-34-3-8-39(40(45)21-34)43(29-47-10-9-46-30-47)55-27-38(56-43)26-54-37-6-4-35(5-7-37)48-11-13-49(14-12-48)41(51)28-53-17-16-52-15-1-2-36(50)25-42-22-31-18-32(23-42)20-33(19-31)24-42;41-31-1-6-35(36(42)18-31)40(26-45-9-7-43-27-45)52-24-34(53-40)23-51-33-4-2-32(3-5-33)46-10-12-47(13-11-46)38(49)25-50-14-8-44-37(48)22-39-19-28-15-29(20-39)17-30(16-28)21-39/h3-10,21,30-33,38H,1-2,11-20,22-29H2;1-7,9,18,27-30,34H,8,10-17,19-26H2,(H,44,48)/t31?,32?,33?,38-,42?,43-;28?,29?,30?,34-,39?,40-/m00/s1. The second-order valence-corrected chi connectivity index (χ2v) is 34.3. The smallest absolute Gasteiger partial charge is 0.248 e. The van der Waals surface area contributed by atoms with Crippen molar-refractivity contribution in [2.45, 2.75) is 140 Å². The van der Waals surface area contributed by atoms with Gasteiger partial charge in [-0.05, 0) is 203 Å². The van der Waals surface area contributed by atoms with Gasteiger partial charge in [0.05, 0.1) is 68.8 Å². The maximum absolute atomic E-state index is 12.9. The molecule has 8 bridgehead atoms. The fraction of sp³-hybridized carbons (Fsp3) is 0.590. The number of aromatic nitrogens is 4. The molecule has 4 aromatic carbocycles. The van der Waals surface area contributed by atoms with E-state index in [4.69, 9.17) is 89.0 Å². The number of hydrogen-bond acceptors (Lipinski definition) is 17. The van der Waals surface area contributed by atoms with Crippen molar-refractivity contribution in [3.05, 3.63) is 154 Å². The number of ketones is 1. The zero-order valence-corrected chi connectivity index (χ0v) is 65.2. The van der Waals surface area contributed by atoms with E-state index >= 15 is 0 Å². The van der Waals surface area contributed by atoms with Crippen molar-refractivity contribution in [2.75, 3.05) is 135 Å². The Bertz CT molecular complexity index is 3960. The highest BCUT2D eigenvalue weighted by Crippen LogP contribution is 2.63. The van der Waals surface area contributed by atoms with Gasteiger partial charge in [-0.1, -0.05) is 58.5 Å². The average molecular weight is 1580 g/mol. The first-order valence-corrected chi connectivity index (χ1v) is 41.0. The molecular weight excluding hydrogens is 1470 g/mol. The summed E-state index contributed by atoms with van der Waals surface area (Å²) in [6.45, 7) is 9.64. The number of imidazole rings is 2. The molecule has 6 heterocycles. The van der Waals surface area contributed by atoms with Gasteiger partial charge in [-0.15, -0.1) is 0 Å². The summed E-state index contributed by atoms with van der Waals surface area (Å²) in [6, 6.07) is 26.6. The van der Waals surface area contributed by atoms with E-state index in [1.807, 2.05) is 92.0 Å². The number of rotatable bonds is 32. The number of nitrogens with one attached hydrogen (secondary N) is 1. The SMILES string of the molecule is O=C(CC12CC3CC(CC(C3)C1)C2)NCCOCC(=O)N1CCN(c2ccc(OC[C@H]3CO[C@](Cn4ccnc4)(c4ccc(Cl)cc4Cl)O3)cc2)CC1.O=C(CCCOCCOCC(=O)N1CCN(c2ccc(OC[C@H]3CO[C@](Cn4ccnc4)(c4ccc(Cl)cc4Cl)O3)cc2)CC1)CC12CC3CC(CC(C3)C1)C2. The van der Waals surface area contributed by atoms with Crippen molar-refractivity contribution in [3.8, 4) is 11.5 Å². The maximum atomic E-state index is 12.9. The minimum absolute atomic E-state index is 0.00541. The molecule has 0 radical (unpaired) electrons. The molecule has 4 aliphatic heterocycles. The number of nitrogens with zero attached hydrogens (tertiary/aromatic N) is 8. The number of hydrogen-bond donors (Lipinski definition) is 1. The van der Waals surface area contributed by atoms with Crippen LogP contribution in [-0.4, -0.2) is 190 Å². The predicted octanol–water partition coefficient (Wildman–Crippen LogP) is 13.1. The molecule has 2 aromatic heterocycles. The lowest BCUT2D eigenvalue weighted by Gasteiger charge is -2.56. The maximum Gasteiger partial charge on any atom is 0.248 e. The van der Waals surface area contributed by atoms with E-state index in [1.165, 1.54) is 77.0 Å². The molecule has 4 atom stereocenters. The summed E-state index contributed by atoms with van der Waals surface area (Å²) < 4.78 is 58.7. The highest BCUT2D eigenvalue weighted by molar-refractivity contribution is 6.35. The van der Waals surface area contributed by atoms with E-state index in [2.05, 4.69) is 25.1 Å². The van der Waals surface area contributed by atoms with Crippen molar-refractivity contribution in [2.24, 2.45) is 46.3 Å². The van der Waals surface area contributed by atoms with Crippen LogP contribution in [-0.2, 0) is 77.0 Å². The Balaban J connectivity index is 0.000000174. The van der Waals surface area contributed by atoms with Gasteiger partial charge >= 0.3 is 0 Å². The number of carbonyl (C=O) groups is 4. The van der Waals surface area contributed by atoms with Crippen LogP contribution in [0.25, 0.3) is 0 Å². The van der Waals surface area contributed by atoms with Crippen molar-refractivity contribution in [1.29, 1.82) is 0 Å². The zero-order chi connectivity index (χ0) is 75.0. The third-order valence-electron chi connectivity index (χ3n) is 24.4. The Morgan fingerprint density at radius 2 is 0.917 bits per heavy atom. The molecule has 8 saturated carbocycles. The minimum Gasteiger partial charge on any atom is -0.491 e. The number of amides is 3. The van der Waals surface area contributed by atoms with E-state index in [1.54, 1.807) is 49.3 Å². The van der Waals surface area contributed by atoms with E-state index in [0.29, 0.717) is 154 Å². The van der Waals surface area contributed by atoms with Gasteiger partial charge in [-0.25, -0.2) is 9.97 Å². The van der Waals surface area contributed by atoms with Crippen LogP contribution in [0.5, 0.6) is 11.5 Å². The first-order valence-electron chi connectivity index (χ1n) is 39.5. The Kier molecular flexibility index (Phi) is 25.1. The Morgan fingerprint density at radius 3 is 1.34 bits per heavy atom. The Morgan fingerprint density at radius 1 is 0.495 bits per heavy atom. The van der Waals surface area contributed by atoms with Gasteiger partial charge in [0.15, 0.2) is 0 Å². The molecule has 109 heavy (non-hydrogen) atoms. The van der Waals surface area contributed by atoms with Crippen LogP contribution in [0.4, 0.5) is 11.4 Å². The van der Waals surface area contributed by atoms with Crippen LogP contribution in [0.2, 0.25) is 20.1 Å². The first kappa shape index (κ1) is 77.8. The highest BCUT2D eigenvalue weighted by atomic mass is 35.5. The molecule has 0 unspecified atom stereocenters. The second kappa shape index (κ2) is 35.2. The largest absolute Gasteiger partial charge is 0.491 e. The Labute approximate surface area is 659 Å². The molecule has 12 aliphatic rings. The van der Waals surface area contributed by atoms with Crippen molar-refractivity contribution in [1.82, 2.24) is 34.2 Å². The van der Waals surface area contributed by atoms with E-state index in [9.17, 15) is 19.2 Å². The van der Waals surface area contributed by atoms with Crippen LogP contribution >= 0.6 is 46.4 Å². The summed E-state index contributed by atoms with van der Waals surface area (Å²) in [4.78, 5) is 67.8. The molecule has 12 fully saturated rings. The molecule has 1 N–H and O–H groups in total. The normalized spacial score (nSPS) is 28.7. The summed E-state index contributed by atoms with van der Waals surface area (Å²) in [6.07, 6.45) is 28.6. The van der Waals surface area contributed by atoms with E-state index in [-0.39, 0.29) is 48.6 Å². The van der Waals surface area contributed by atoms with Crippen molar-refractivity contribution in [3.63, 3.8) is 0 Å². The van der Waals surface area contributed by atoms with E-state index < -0.39 is 11.6 Å². The molecule has 4 saturated heterocycles. The van der Waals surface area contributed by atoms with Crippen LogP contribution in [0, 0.1) is 46.3 Å². The number of ether oxygens (including phenoxy) is 9. The quantitative estimate of drug-likeness (QED) is 0.0389. The van der Waals surface area contributed by atoms with Gasteiger partial charge in [0, 0.05) is 142 Å². The van der Waals surface area contributed by atoms with E-state index in [0.717, 1.165) is 97.4 Å². The molecule has 18 rings (SSSR count). The number of Topliss-reactive ketones (excluding diaryl/α,β-unsaturated/α-hetero) is 1. The third kappa shape index (κ3) is 19.6. The summed E-state index contributed by atoms with van der Waals surface area (Å²) >= 11 is 25.5. The highest BCUT2D eigenvalue weighted by Gasteiger charge is 2.53. The van der Waals surface area contributed by atoms with Gasteiger partial charge in [-0.2, -0.15) is 0 Å². The van der Waals surface area contributed by atoms with Crippen LogP contribution in [0.1, 0.15) is 114 Å². The topological polar surface area (TPSA) is 212 Å². The average Bonchev–Trinajstić information content (AvgIpc) is 1.38. The Hall–Kier alpha value is -6.54. The van der Waals surface area contributed by atoms with Gasteiger partial charge in [0.1, 0.15) is 55.9 Å². The number of piperazine rings is 2. The lowest BCUT2D eigenvalue weighted by Crippen LogP contribution is -2.50. The number of benzene rings is 4. The molecule has 6 aromatic rings. The first-order chi connectivity index (χ1) is 53.0. The lowest BCUT2D eigenvalue weighted by molar-refractivity contribution is -0.189. The summed E-state index contributed by atoms with van der Waals surface area (Å²) in [5, 5.41) is 5.06. The second-order valence-electron chi connectivity index (χ2n) is 32.6. The summed E-state index contributed by atoms with van der Waals surface area (Å²) in [5.74, 6) is 4.94. The molecule has 586 valence electrons. The monoisotopic (exact) mass is 1570 g/mol. The van der Waals surface area contributed by atoms with Gasteiger partial charge in [0.2, 0.25) is 29.3 Å². The molecule has 22 nitrogen and oxygen atoms in total. The predicted molar refractivity (Wildman–Crippen MR) is 414 cm³/mol. The summed E-state index contributed by atoms with van der Waals surface area (Å²) in [5.41, 5.74) is 4.09. The lowest BCUT2D eigenvalue weighted by atomic mass is 9.48. The van der Waals surface area contributed by atoms with Gasteiger partial charge in [-0.3, -0.25) is 19.2 Å². The van der Waals surface area contributed by atoms with Crippen LogP contribution < -0.4 is 24.6 Å². The molecule has 0 spiro atoms. The molecule has 8 aliphatic carbocycles. The van der Waals surface area contributed by atoms with Crippen LogP contribution in [0.15, 0.2) is 122 Å². The number of anilines is 2. The fourth-order valence-corrected chi connectivity index (χ4v) is 21.4. The zero-order valence-electron chi connectivity index (χ0n) is 62.2. The van der Waals surface area contributed by atoms with Crippen LogP contribution in [0.3, 0.4) is 0 Å². The van der Waals surface area contributed by atoms with Gasteiger partial charge in [0.25, 0.3) is 0 Å².